The average Bonchev–Trinajstić information content (AvgIpc) is 2.51. The van der Waals surface area contributed by atoms with Gasteiger partial charge in [0.15, 0.2) is 0 Å². The van der Waals surface area contributed by atoms with E-state index in [1.165, 1.54) is 0 Å². The highest BCUT2D eigenvalue weighted by Crippen LogP contribution is 2.36. The van der Waals surface area contributed by atoms with Crippen molar-refractivity contribution in [3.63, 3.8) is 0 Å². The third kappa shape index (κ3) is 2.61. The fourth-order valence-corrected chi connectivity index (χ4v) is 2.60. The molecule has 0 aliphatic carbocycles. The molecule has 0 saturated heterocycles. The molecule has 0 radical (unpaired) electrons. The summed E-state index contributed by atoms with van der Waals surface area (Å²) in [7, 11) is 0. The van der Waals surface area contributed by atoms with Gasteiger partial charge in [0, 0.05) is 28.2 Å². The number of rotatable bonds is 2. The number of aryl methyl sites for hydroxylation is 1. The van der Waals surface area contributed by atoms with E-state index in [9.17, 15) is 0 Å². The summed E-state index contributed by atoms with van der Waals surface area (Å²) in [6.07, 6.45) is 0. The Morgan fingerprint density at radius 1 is 0.591 bits per heavy atom. The van der Waals surface area contributed by atoms with Crippen molar-refractivity contribution in [3.8, 4) is 22.3 Å². The fourth-order valence-electron chi connectivity index (χ4n) is 2.60. The van der Waals surface area contributed by atoms with Crippen LogP contribution in [0.25, 0.3) is 22.3 Å². The molecule has 0 unspecified atom stereocenters. The van der Waals surface area contributed by atoms with E-state index in [4.69, 9.17) is 17.2 Å². The van der Waals surface area contributed by atoms with E-state index in [0.717, 1.165) is 44.9 Å². The molecule has 3 nitrogen and oxygen atoms in total. The predicted molar refractivity (Wildman–Crippen MR) is 95.3 cm³/mol. The molecule has 0 atom stereocenters. The SMILES string of the molecule is Cc1cc(-c2ccc(N)cc2)c(N)c(-c2ccc(N)cc2)c1. The number of benzene rings is 3. The van der Waals surface area contributed by atoms with Crippen LogP contribution in [0.1, 0.15) is 5.56 Å². The van der Waals surface area contributed by atoms with Crippen LogP contribution in [0.15, 0.2) is 60.7 Å². The second-order valence-electron chi connectivity index (χ2n) is 5.52. The van der Waals surface area contributed by atoms with Crippen molar-refractivity contribution in [1.29, 1.82) is 0 Å². The molecule has 0 bridgehead atoms. The maximum atomic E-state index is 6.43. The number of nitrogens with two attached hydrogens (primary N) is 3. The van der Waals surface area contributed by atoms with Crippen LogP contribution in [-0.4, -0.2) is 0 Å². The molecule has 3 aromatic rings. The van der Waals surface area contributed by atoms with Crippen molar-refractivity contribution < 1.29 is 0 Å². The molecule has 3 aromatic carbocycles. The quantitative estimate of drug-likeness (QED) is 0.622. The highest BCUT2D eigenvalue weighted by Gasteiger charge is 2.10. The highest BCUT2D eigenvalue weighted by atomic mass is 14.6. The third-order valence-electron chi connectivity index (χ3n) is 3.77. The van der Waals surface area contributed by atoms with E-state index in [1.54, 1.807) is 0 Å². The van der Waals surface area contributed by atoms with Gasteiger partial charge in [-0.25, -0.2) is 0 Å². The van der Waals surface area contributed by atoms with Crippen LogP contribution < -0.4 is 17.2 Å². The van der Waals surface area contributed by atoms with Crippen LogP contribution >= 0.6 is 0 Å². The molecule has 22 heavy (non-hydrogen) atoms. The molecule has 6 N–H and O–H groups in total. The highest BCUT2D eigenvalue weighted by molar-refractivity contribution is 5.90. The van der Waals surface area contributed by atoms with Gasteiger partial charge >= 0.3 is 0 Å². The van der Waals surface area contributed by atoms with Gasteiger partial charge in [-0.2, -0.15) is 0 Å². The van der Waals surface area contributed by atoms with E-state index in [-0.39, 0.29) is 0 Å². The minimum Gasteiger partial charge on any atom is -0.399 e. The molecule has 0 fully saturated rings. The van der Waals surface area contributed by atoms with Crippen molar-refractivity contribution in [3.05, 3.63) is 66.2 Å². The van der Waals surface area contributed by atoms with Gasteiger partial charge in [0.1, 0.15) is 0 Å². The van der Waals surface area contributed by atoms with Gasteiger partial charge in [0.2, 0.25) is 0 Å². The summed E-state index contributed by atoms with van der Waals surface area (Å²) in [4.78, 5) is 0. The lowest BCUT2D eigenvalue weighted by Crippen LogP contribution is -1.96. The van der Waals surface area contributed by atoms with Gasteiger partial charge in [-0.05, 0) is 60.0 Å². The summed E-state index contributed by atoms with van der Waals surface area (Å²) in [6.45, 7) is 2.07. The smallest absolute Gasteiger partial charge is 0.0473 e. The van der Waals surface area contributed by atoms with Crippen molar-refractivity contribution in [1.82, 2.24) is 0 Å². The Morgan fingerprint density at radius 3 is 1.32 bits per heavy atom. The Labute approximate surface area is 130 Å². The lowest BCUT2D eigenvalue weighted by Gasteiger charge is -2.14. The van der Waals surface area contributed by atoms with E-state index in [2.05, 4.69) is 19.1 Å². The Kier molecular flexibility index (Phi) is 3.47. The second kappa shape index (κ2) is 5.45. The lowest BCUT2D eigenvalue weighted by atomic mass is 9.94. The summed E-state index contributed by atoms with van der Waals surface area (Å²) in [5, 5.41) is 0. The number of hydrogen-bond donors (Lipinski definition) is 3. The predicted octanol–water partition coefficient (Wildman–Crippen LogP) is 4.08. The largest absolute Gasteiger partial charge is 0.399 e. The van der Waals surface area contributed by atoms with Crippen molar-refractivity contribution >= 4 is 17.1 Å². The van der Waals surface area contributed by atoms with E-state index >= 15 is 0 Å². The van der Waals surface area contributed by atoms with Gasteiger partial charge in [-0.3, -0.25) is 0 Å². The van der Waals surface area contributed by atoms with Crippen LogP contribution in [0.2, 0.25) is 0 Å². The number of nitrogen functional groups attached to an aromatic ring is 3. The van der Waals surface area contributed by atoms with Gasteiger partial charge in [-0.1, -0.05) is 24.3 Å². The Morgan fingerprint density at radius 2 is 0.955 bits per heavy atom. The van der Waals surface area contributed by atoms with Crippen molar-refractivity contribution in [2.24, 2.45) is 0 Å². The van der Waals surface area contributed by atoms with Gasteiger partial charge in [-0.15, -0.1) is 0 Å². The first-order valence-corrected chi connectivity index (χ1v) is 7.16. The monoisotopic (exact) mass is 289 g/mol. The molecule has 3 rings (SSSR count). The molecule has 0 spiro atoms. The zero-order valence-electron chi connectivity index (χ0n) is 12.5. The van der Waals surface area contributed by atoms with Gasteiger partial charge < -0.3 is 17.2 Å². The van der Waals surface area contributed by atoms with Crippen LogP contribution in [0.5, 0.6) is 0 Å². The second-order valence-corrected chi connectivity index (χ2v) is 5.52. The van der Waals surface area contributed by atoms with Crippen LogP contribution in [0, 0.1) is 6.92 Å². The first-order chi connectivity index (χ1) is 10.5. The molecular weight excluding hydrogens is 270 g/mol. The number of hydrogen-bond acceptors (Lipinski definition) is 3. The average molecular weight is 289 g/mol. The molecule has 3 heteroatoms. The molecule has 110 valence electrons. The van der Waals surface area contributed by atoms with Crippen LogP contribution in [0.3, 0.4) is 0 Å². The summed E-state index contributed by atoms with van der Waals surface area (Å²) in [5.41, 5.74) is 25.5. The fraction of sp³-hybridized carbons (Fsp3) is 0.0526. The normalized spacial score (nSPS) is 10.6. The Bertz CT molecular complexity index is 737. The zero-order valence-corrected chi connectivity index (χ0v) is 12.5. The minimum atomic E-state index is 0.744. The summed E-state index contributed by atoms with van der Waals surface area (Å²) in [5.74, 6) is 0. The van der Waals surface area contributed by atoms with Crippen molar-refractivity contribution in [2.75, 3.05) is 17.2 Å². The Hall–Kier alpha value is -2.94. The molecule has 0 aliphatic rings. The molecular formula is C19H19N3. The zero-order chi connectivity index (χ0) is 15.7. The number of anilines is 3. The van der Waals surface area contributed by atoms with E-state index in [1.807, 2.05) is 48.5 Å². The standard InChI is InChI=1S/C19H19N3/c1-12-10-17(13-2-6-15(20)7-3-13)19(22)18(11-12)14-4-8-16(21)9-5-14/h2-11H,20-22H2,1H3. The van der Waals surface area contributed by atoms with Crippen molar-refractivity contribution in [2.45, 2.75) is 6.92 Å². The third-order valence-corrected chi connectivity index (χ3v) is 3.77. The lowest BCUT2D eigenvalue weighted by molar-refractivity contribution is 1.46. The molecule has 0 heterocycles. The maximum absolute atomic E-state index is 6.43. The van der Waals surface area contributed by atoms with E-state index < -0.39 is 0 Å². The molecule has 0 aromatic heterocycles. The van der Waals surface area contributed by atoms with Crippen LogP contribution in [0.4, 0.5) is 17.1 Å². The molecule has 0 saturated carbocycles. The topological polar surface area (TPSA) is 78.1 Å². The summed E-state index contributed by atoms with van der Waals surface area (Å²) < 4.78 is 0. The molecule has 0 amide bonds. The van der Waals surface area contributed by atoms with E-state index in [0.29, 0.717) is 0 Å². The first kappa shape index (κ1) is 14.0. The summed E-state index contributed by atoms with van der Waals surface area (Å²) in [6, 6.07) is 19.7. The Balaban J connectivity index is 2.17. The molecule has 0 aliphatic heterocycles. The van der Waals surface area contributed by atoms with Gasteiger partial charge in [0.25, 0.3) is 0 Å². The summed E-state index contributed by atoms with van der Waals surface area (Å²) >= 11 is 0. The maximum Gasteiger partial charge on any atom is 0.0473 e. The van der Waals surface area contributed by atoms with Gasteiger partial charge in [0.05, 0.1) is 0 Å². The minimum absolute atomic E-state index is 0.744. The first-order valence-electron chi connectivity index (χ1n) is 7.16. The van der Waals surface area contributed by atoms with Crippen LogP contribution in [-0.2, 0) is 0 Å².